The van der Waals surface area contributed by atoms with E-state index in [4.69, 9.17) is 0 Å². The summed E-state index contributed by atoms with van der Waals surface area (Å²) in [6.07, 6.45) is -0.162. The highest BCUT2D eigenvalue weighted by molar-refractivity contribution is 5.89. The van der Waals surface area contributed by atoms with Crippen molar-refractivity contribution < 1.29 is 14.3 Å². The van der Waals surface area contributed by atoms with Gasteiger partial charge in [-0.1, -0.05) is 0 Å². The van der Waals surface area contributed by atoms with Gasteiger partial charge < -0.3 is 9.47 Å². The van der Waals surface area contributed by atoms with E-state index in [1.54, 1.807) is 0 Å². The Hall–Kier alpha value is -0.410. The van der Waals surface area contributed by atoms with Crippen molar-refractivity contribution in [2.45, 2.75) is 19.0 Å². The molecule has 0 radical (unpaired) electrons. The highest BCUT2D eigenvalue weighted by Crippen LogP contribution is 2.56. The van der Waals surface area contributed by atoms with Crippen molar-refractivity contribution >= 4 is 5.78 Å². The summed E-state index contributed by atoms with van der Waals surface area (Å²) in [4.78, 5) is 10.3. The molecule has 3 nitrogen and oxygen atoms in total. The lowest BCUT2D eigenvalue weighted by atomic mass is 10.3. The lowest BCUT2D eigenvalue weighted by Gasteiger charge is -1.88. The maximum Gasteiger partial charge on any atom is 0.286 e. The predicted octanol–water partition coefficient (Wildman–Crippen LogP) is -0.342. The summed E-state index contributed by atoms with van der Waals surface area (Å²) >= 11 is 0. The van der Waals surface area contributed by atoms with Crippen molar-refractivity contribution in [3.63, 3.8) is 0 Å². The molecular formula is C4H4O3. The van der Waals surface area contributed by atoms with E-state index in [2.05, 4.69) is 9.47 Å². The van der Waals surface area contributed by atoms with Crippen LogP contribution in [0, 0.1) is 0 Å². The van der Waals surface area contributed by atoms with Crippen LogP contribution in [0.4, 0.5) is 0 Å². The van der Waals surface area contributed by atoms with Crippen molar-refractivity contribution in [3.8, 4) is 0 Å². The molecule has 0 spiro atoms. The van der Waals surface area contributed by atoms with Crippen LogP contribution < -0.4 is 0 Å². The van der Waals surface area contributed by atoms with E-state index in [-0.39, 0.29) is 12.1 Å². The molecule has 0 N–H and O–H groups in total. The van der Waals surface area contributed by atoms with Crippen LogP contribution in [-0.2, 0) is 14.3 Å². The Morgan fingerprint density at radius 2 is 2.14 bits per heavy atom. The lowest BCUT2D eigenvalue weighted by Crippen LogP contribution is -2.09. The molecule has 38 valence electrons. The molecule has 2 saturated heterocycles. The molecule has 0 unspecified atom stereocenters. The Morgan fingerprint density at radius 3 is 2.14 bits per heavy atom. The van der Waals surface area contributed by atoms with Gasteiger partial charge in [-0.25, -0.2) is 0 Å². The first-order valence-electron chi connectivity index (χ1n) is 2.12. The Morgan fingerprint density at radius 1 is 1.71 bits per heavy atom. The number of ketones is 1. The van der Waals surface area contributed by atoms with E-state index in [9.17, 15) is 4.79 Å². The van der Waals surface area contributed by atoms with Crippen LogP contribution in [-0.4, -0.2) is 17.9 Å². The molecule has 0 amide bonds. The molecule has 2 aliphatic heterocycles. The third kappa shape index (κ3) is 0.233. The Bertz CT molecular complexity index is 134. The maximum atomic E-state index is 10.3. The second-order valence-corrected chi connectivity index (χ2v) is 1.79. The number of ether oxygens (including phenoxy) is 2. The molecule has 0 atom stereocenters. The third-order valence-corrected chi connectivity index (χ3v) is 1.25. The molecule has 0 aromatic carbocycles. The number of fused-ring (bicyclic) bond motifs is 1. The topological polar surface area (TPSA) is 42.1 Å². The number of Topliss-reactive ketones (excluding diaryl/α,β-unsaturated/α-hetero) is 1. The summed E-state index contributed by atoms with van der Waals surface area (Å²) in [6, 6.07) is 0. The van der Waals surface area contributed by atoms with Gasteiger partial charge in [0.15, 0.2) is 5.78 Å². The van der Waals surface area contributed by atoms with Gasteiger partial charge in [0.1, 0.15) is 0 Å². The largest absolute Gasteiger partial charge is 0.303 e. The second-order valence-electron chi connectivity index (χ2n) is 1.79. The summed E-state index contributed by atoms with van der Waals surface area (Å²) in [5.74, 6) is -0.738. The summed E-state index contributed by atoms with van der Waals surface area (Å²) in [6.45, 7) is 1.47. The normalized spacial score (nSPS) is 53.0. The summed E-state index contributed by atoms with van der Waals surface area (Å²) in [5.41, 5.74) is 0. The molecule has 2 fully saturated rings. The Kier molecular flexibility index (Phi) is 0.326. The summed E-state index contributed by atoms with van der Waals surface area (Å²) < 4.78 is 9.37. The SMILES string of the molecule is CC(=O)C12OC1O2. The van der Waals surface area contributed by atoms with Gasteiger partial charge in [0.2, 0.25) is 6.29 Å². The standard InChI is InChI=1S/C4H4O3/c1-2(5)4-3(6-4)7-4/h3H,1H3. The molecular weight excluding hydrogens is 96.0 g/mol. The van der Waals surface area contributed by atoms with Crippen LogP contribution >= 0.6 is 0 Å². The zero-order chi connectivity index (χ0) is 5.07. The monoisotopic (exact) mass is 100 g/mol. The van der Waals surface area contributed by atoms with Crippen LogP contribution in [0.1, 0.15) is 6.92 Å². The van der Waals surface area contributed by atoms with Gasteiger partial charge in [-0.05, 0) is 0 Å². The molecule has 2 aliphatic rings. The minimum absolute atomic E-state index is 0.0162. The van der Waals surface area contributed by atoms with Crippen molar-refractivity contribution in [1.82, 2.24) is 0 Å². The summed E-state index contributed by atoms with van der Waals surface area (Å²) in [5, 5.41) is 0. The molecule has 0 aromatic heterocycles. The van der Waals surface area contributed by atoms with Crippen LogP contribution in [0.5, 0.6) is 0 Å². The van der Waals surface area contributed by atoms with Crippen molar-refractivity contribution in [2.75, 3.05) is 0 Å². The van der Waals surface area contributed by atoms with Crippen molar-refractivity contribution in [3.05, 3.63) is 0 Å². The summed E-state index contributed by atoms with van der Waals surface area (Å²) in [7, 11) is 0. The van der Waals surface area contributed by atoms with E-state index in [0.29, 0.717) is 0 Å². The highest BCUT2D eigenvalue weighted by atomic mass is 17.0. The number of carbonyl (C=O) groups excluding carboxylic acids is 1. The van der Waals surface area contributed by atoms with Crippen LogP contribution in [0.3, 0.4) is 0 Å². The number of hydrogen-bond acceptors (Lipinski definition) is 3. The van der Waals surface area contributed by atoms with E-state index < -0.39 is 5.79 Å². The first-order valence-corrected chi connectivity index (χ1v) is 2.12. The van der Waals surface area contributed by atoms with Gasteiger partial charge in [-0.15, -0.1) is 0 Å². The first-order chi connectivity index (χ1) is 3.26. The number of epoxide rings is 2. The van der Waals surface area contributed by atoms with Crippen LogP contribution in [0.25, 0.3) is 0 Å². The third-order valence-electron chi connectivity index (χ3n) is 1.25. The molecule has 0 aliphatic carbocycles. The fourth-order valence-corrected chi connectivity index (χ4v) is 0.591. The fourth-order valence-electron chi connectivity index (χ4n) is 0.591. The number of carbonyl (C=O) groups is 1. The second kappa shape index (κ2) is 0.638. The molecule has 0 aromatic rings. The average Bonchev–Trinajstić information content (AvgIpc) is 2.04. The lowest BCUT2D eigenvalue weighted by molar-refractivity contribution is -0.137. The highest BCUT2D eigenvalue weighted by Gasteiger charge is 2.81. The van der Waals surface area contributed by atoms with Gasteiger partial charge in [0.05, 0.1) is 0 Å². The molecule has 0 bridgehead atoms. The first kappa shape index (κ1) is 3.57. The Labute approximate surface area is 40.2 Å². The predicted molar refractivity (Wildman–Crippen MR) is 19.4 cm³/mol. The fraction of sp³-hybridized carbons (Fsp3) is 0.750. The van der Waals surface area contributed by atoms with E-state index >= 15 is 0 Å². The zero-order valence-corrected chi connectivity index (χ0v) is 3.80. The van der Waals surface area contributed by atoms with Crippen molar-refractivity contribution in [1.29, 1.82) is 0 Å². The van der Waals surface area contributed by atoms with Gasteiger partial charge in [0, 0.05) is 6.92 Å². The molecule has 2 heterocycles. The van der Waals surface area contributed by atoms with Crippen molar-refractivity contribution in [2.24, 2.45) is 0 Å². The average molecular weight is 100 g/mol. The van der Waals surface area contributed by atoms with Crippen LogP contribution in [0.2, 0.25) is 0 Å². The van der Waals surface area contributed by atoms with Gasteiger partial charge in [-0.2, -0.15) is 0 Å². The molecule has 3 heteroatoms. The molecule has 2 rings (SSSR count). The van der Waals surface area contributed by atoms with Gasteiger partial charge in [0.25, 0.3) is 5.79 Å². The smallest absolute Gasteiger partial charge is 0.286 e. The zero-order valence-electron chi connectivity index (χ0n) is 3.80. The van der Waals surface area contributed by atoms with Gasteiger partial charge >= 0.3 is 0 Å². The number of rotatable bonds is 1. The number of hydrogen-bond donors (Lipinski definition) is 0. The van der Waals surface area contributed by atoms with E-state index in [1.165, 1.54) is 6.92 Å². The quantitative estimate of drug-likeness (QED) is 0.423. The Balaban J connectivity index is 2.22. The van der Waals surface area contributed by atoms with E-state index in [1.807, 2.05) is 0 Å². The van der Waals surface area contributed by atoms with E-state index in [0.717, 1.165) is 0 Å². The molecule has 7 heavy (non-hydrogen) atoms. The van der Waals surface area contributed by atoms with Crippen LogP contribution in [0.15, 0.2) is 0 Å². The maximum absolute atomic E-state index is 10.3. The molecule has 0 saturated carbocycles. The minimum atomic E-state index is -0.722. The van der Waals surface area contributed by atoms with Gasteiger partial charge in [-0.3, -0.25) is 4.79 Å². The minimum Gasteiger partial charge on any atom is -0.303 e.